The Morgan fingerprint density at radius 2 is 1.88 bits per heavy atom. The number of rotatable bonds is 3. The van der Waals surface area contributed by atoms with Crippen LogP contribution in [0.3, 0.4) is 0 Å². The first-order valence-corrected chi connectivity index (χ1v) is 8.23. The van der Waals surface area contributed by atoms with Crippen LogP contribution in [0.25, 0.3) is 0 Å². The number of aryl methyl sites for hydroxylation is 1. The molecule has 1 atom stereocenters. The number of carbonyl (C=O) groups is 2. The Kier molecular flexibility index (Phi) is 4.78. The summed E-state index contributed by atoms with van der Waals surface area (Å²) in [5.41, 5.74) is 2.76. The zero-order valence-electron chi connectivity index (χ0n) is 12.9. The number of esters is 1. The molecule has 2 aromatic rings. The highest BCUT2D eigenvalue weighted by Crippen LogP contribution is 2.33. The van der Waals surface area contributed by atoms with Crippen LogP contribution in [0.2, 0.25) is 10.0 Å². The molecule has 124 valence electrons. The van der Waals surface area contributed by atoms with Crippen molar-refractivity contribution in [1.82, 2.24) is 5.32 Å². The van der Waals surface area contributed by atoms with E-state index in [4.69, 9.17) is 27.9 Å². The molecule has 3 rings (SSSR count). The van der Waals surface area contributed by atoms with Gasteiger partial charge in [0.1, 0.15) is 0 Å². The number of carbonyl (C=O) groups excluding carboxylic acids is 2. The van der Waals surface area contributed by atoms with Crippen LogP contribution in [0.15, 0.2) is 36.4 Å². The van der Waals surface area contributed by atoms with Crippen LogP contribution in [0.5, 0.6) is 0 Å². The fraction of sp³-hybridized carbons (Fsp3) is 0.222. The van der Waals surface area contributed by atoms with Gasteiger partial charge in [0, 0.05) is 0 Å². The molecular weight excluding hydrogens is 349 g/mol. The molecule has 0 spiro atoms. The number of benzene rings is 2. The third kappa shape index (κ3) is 3.12. The molecule has 24 heavy (non-hydrogen) atoms. The average Bonchev–Trinajstić information content (AvgIpc) is 2.96. The van der Waals surface area contributed by atoms with Gasteiger partial charge in [-0.3, -0.25) is 4.79 Å². The number of ether oxygens (including phenoxy) is 1. The summed E-state index contributed by atoms with van der Waals surface area (Å²) in [6, 6.07) is 10.2. The fourth-order valence-corrected chi connectivity index (χ4v) is 3.51. The summed E-state index contributed by atoms with van der Waals surface area (Å²) >= 11 is 12.2. The second-order valence-corrected chi connectivity index (χ2v) is 6.38. The molecule has 0 saturated heterocycles. The summed E-state index contributed by atoms with van der Waals surface area (Å²) in [6.45, 7) is 0. The fourth-order valence-electron chi connectivity index (χ4n) is 2.94. The van der Waals surface area contributed by atoms with Crippen molar-refractivity contribution < 1.29 is 14.3 Å². The van der Waals surface area contributed by atoms with E-state index in [-0.39, 0.29) is 17.5 Å². The lowest BCUT2D eigenvalue weighted by Gasteiger charge is -2.16. The van der Waals surface area contributed by atoms with Crippen LogP contribution in [-0.2, 0) is 11.2 Å². The number of amides is 1. The summed E-state index contributed by atoms with van der Waals surface area (Å²) in [7, 11) is 1.34. The van der Waals surface area contributed by atoms with Gasteiger partial charge in [0.15, 0.2) is 0 Å². The molecule has 1 unspecified atom stereocenters. The molecule has 0 aromatic heterocycles. The predicted octanol–water partition coefficient (Wildman–Crippen LogP) is 4.20. The van der Waals surface area contributed by atoms with Crippen molar-refractivity contribution in [3.05, 3.63) is 68.7 Å². The van der Waals surface area contributed by atoms with Gasteiger partial charge in [0.05, 0.1) is 34.3 Å². The second kappa shape index (κ2) is 6.83. The summed E-state index contributed by atoms with van der Waals surface area (Å²) < 4.78 is 4.75. The average molecular weight is 364 g/mol. The molecule has 0 fully saturated rings. The maximum atomic E-state index is 12.6. The van der Waals surface area contributed by atoms with E-state index in [9.17, 15) is 9.59 Å². The molecular formula is C18H15Cl2NO3. The lowest BCUT2D eigenvalue weighted by atomic mass is 10.0. The Labute approximate surface area is 149 Å². The van der Waals surface area contributed by atoms with Gasteiger partial charge in [-0.25, -0.2) is 4.79 Å². The Bertz CT molecular complexity index is 800. The molecule has 0 heterocycles. The van der Waals surface area contributed by atoms with Crippen LogP contribution in [0.4, 0.5) is 0 Å². The van der Waals surface area contributed by atoms with Crippen molar-refractivity contribution in [2.75, 3.05) is 7.11 Å². The largest absolute Gasteiger partial charge is 0.465 e. The molecule has 0 radical (unpaired) electrons. The summed E-state index contributed by atoms with van der Waals surface area (Å²) in [6.07, 6.45) is 1.59. The Morgan fingerprint density at radius 3 is 2.54 bits per heavy atom. The topological polar surface area (TPSA) is 55.4 Å². The highest BCUT2D eigenvalue weighted by Gasteiger charge is 2.27. The van der Waals surface area contributed by atoms with Gasteiger partial charge in [-0.1, -0.05) is 35.3 Å². The van der Waals surface area contributed by atoms with E-state index in [1.807, 2.05) is 6.07 Å². The Hall–Kier alpha value is -2.04. The minimum Gasteiger partial charge on any atom is -0.465 e. The molecule has 0 saturated carbocycles. The number of hydrogen-bond acceptors (Lipinski definition) is 3. The van der Waals surface area contributed by atoms with Gasteiger partial charge in [-0.05, 0) is 48.2 Å². The van der Waals surface area contributed by atoms with Crippen molar-refractivity contribution in [3.8, 4) is 0 Å². The smallest absolute Gasteiger partial charge is 0.337 e. The van der Waals surface area contributed by atoms with Crippen molar-refractivity contribution in [2.24, 2.45) is 0 Å². The normalized spacial score (nSPS) is 15.7. The van der Waals surface area contributed by atoms with Crippen LogP contribution >= 0.6 is 23.2 Å². The summed E-state index contributed by atoms with van der Waals surface area (Å²) in [5, 5.41) is 3.57. The Morgan fingerprint density at radius 1 is 1.17 bits per heavy atom. The van der Waals surface area contributed by atoms with E-state index in [1.165, 1.54) is 7.11 Å². The molecule has 0 bridgehead atoms. The van der Waals surface area contributed by atoms with Crippen LogP contribution < -0.4 is 5.32 Å². The quantitative estimate of drug-likeness (QED) is 0.831. The van der Waals surface area contributed by atoms with E-state index < -0.39 is 5.97 Å². The first-order chi connectivity index (χ1) is 11.5. The summed E-state index contributed by atoms with van der Waals surface area (Å²) in [5.74, 6) is -0.726. The third-order valence-corrected chi connectivity index (χ3v) is 4.77. The van der Waals surface area contributed by atoms with Crippen molar-refractivity contribution in [3.63, 3.8) is 0 Å². The second-order valence-electron chi connectivity index (χ2n) is 5.57. The van der Waals surface area contributed by atoms with E-state index in [0.717, 1.165) is 24.0 Å². The van der Waals surface area contributed by atoms with E-state index in [2.05, 4.69) is 5.32 Å². The number of halogens is 2. The maximum absolute atomic E-state index is 12.6. The maximum Gasteiger partial charge on any atom is 0.337 e. The molecule has 4 nitrogen and oxygen atoms in total. The van der Waals surface area contributed by atoms with Crippen molar-refractivity contribution in [2.45, 2.75) is 18.9 Å². The first kappa shape index (κ1) is 16.8. The van der Waals surface area contributed by atoms with Gasteiger partial charge in [0.2, 0.25) is 0 Å². The third-order valence-electron chi connectivity index (χ3n) is 4.14. The lowest BCUT2D eigenvalue weighted by molar-refractivity contribution is 0.0600. The summed E-state index contributed by atoms with van der Waals surface area (Å²) in [4.78, 5) is 24.3. The zero-order chi connectivity index (χ0) is 17.3. The molecule has 2 aromatic carbocycles. The van der Waals surface area contributed by atoms with Crippen molar-refractivity contribution >= 4 is 35.1 Å². The first-order valence-electron chi connectivity index (χ1n) is 7.47. The zero-order valence-corrected chi connectivity index (χ0v) is 14.4. The molecule has 6 heteroatoms. The minimum absolute atomic E-state index is 0.190. The number of methoxy groups -OCH3 is 1. The molecule has 0 aliphatic heterocycles. The SMILES string of the molecule is COC(=O)c1ccc2c(c1)C(NC(=O)c1c(Cl)cccc1Cl)CC2. The standard InChI is InChI=1S/C18H15Cl2NO3/c1-24-18(23)11-6-5-10-7-8-15(12(10)9-11)21-17(22)16-13(19)3-2-4-14(16)20/h2-6,9,15H,7-8H2,1H3,(H,21,22). The van der Waals surface area contributed by atoms with Crippen molar-refractivity contribution in [1.29, 1.82) is 0 Å². The Balaban J connectivity index is 1.86. The molecule has 1 N–H and O–H groups in total. The molecule has 1 amide bonds. The van der Waals surface area contributed by atoms with Gasteiger partial charge in [0.25, 0.3) is 5.91 Å². The highest BCUT2D eigenvalue weighted by atomic mass is 35.5. The predicted molar refractivity (Wildman–Crippen MR) is 92.8 cm³/mol. The van der Waals surface area contributed by atoms with Gasteiger partial charge in [-0.2, -0.15) is 0 Å². The molecule has 1 aliphatic carbocycles. The van der Waals surface area contributed by atoms with Gasteiger partial charge >= 0.3 is 5.97 Å². The molecule has 1 aliphatic rings. The number of nitrogens with one attached hydrogen (secondary N) is 1. The lowest BCUT2D eigenvalue weighted by Crippen LogP contribution is -2.27. The van der Waals surface area contributed by atoms with Gasteiger partial charge < -0.3 is 10.1 Å². The van der Waals surface area contributed by atoms with Crippen LogP contribution in [-0.4, -0.2) is 19.0 Å². The number of fused-ring (bicyclic) bond motifs is 1. The number of hydrogen-bond donors (Lipinski definition) is 1. The minimum atomic E-state index is -0.399. The highest BCUT2D eigenvalue weighted by molar-refractivity contribution is 6.39. The van der Waals surface area contributed by atoms with Crippen LogP contribution in [0.1, 0.15) is 44.3 Å². The van der Waals surface area contributed by atoms with E-state index >= 15 is 0 Å². The van der Waals surface area contributed by atoms with E-state index in [1.54, 1.807) is 30.3 Å². The van der Waals surface area contributed by atoms with E-state index in [0.29, 0.717) is 15.6 Å². The monoisotopic (exact) mass is 363 g/mol. The van der Waals surface area contributed by atoms with Crippen LogP contribution in [0, 0.1) is 0 Å². The van der Waals surface area contributed by atoms with Gasteiger partial charge in [-0.15, -0.1) is 0 Å².